The molecule has 444 valence electrons. The summed E-state index contributed by atoms with van der Waals surface area (Å²) in [6.07, 6.45) is 37.6. The minimum absolute atomic E-state index is 0.0750. The molecule has 11 rings (SSSR count). The third kappa shape index (κ3) is 12.7. The highest BCUT2D eigenvalue weighted by molar-refractivity contribution is 8.00. The highest BCUT2D eigenvalue weighted by Gasteiger charge is 2.63. The van der Waals surface area contributed by atoms with Gasteiger partial charge in [0.2, 0.25) is 0 Å². The Balaban J connectivity index is 1.09. The minimum Gasteiger partial charge on any atom is -0.494 e. The van der Waals surface area contributed by atoms with Crippen LogP contribution >= 0.6 is 45.8 Å². The number of hydrogen-bond acceptors (Lipinski definition) is 8. The van der Waals surface area contributed by atoms with Crippen molar-refractivity contribution in [3.63, 3.8) is 0 Å². The van der Waals surface area contributed by atoms with Gasteiger partial charge in [-0.25, -0.2) is 0 Å². The van der Waals surface area contributed by atoms with E-state index in [2.05, 4.69) is 154 Å². The SMILES string of the molecule is CCCCCCCCOc1ccc(C2(c3ccc(OCCCCCCCC)cc3)C3=Cc4c5c(sc4=C3C(c3ccc(OCCCCCCCC)cc3)(c3ccc(OCCCCCCCC)cc3)C3C=c4c(sc6ccsc46)=C32)=CCS5)cc1. The van der Waals surface area contributed by atoms with E-state index in [1.54, 1.807) is 0 Å². The number of thiophene rings is 3. The van der Waals surface area contributed by atoms with Gasteiger partial charge in [0, 0.05) is 45.6 Å². The maximum Gasteiger partial charge on any atom is 0.119 e. The fourth-order valence-corrected chi connectivity index (χ4v) is 19.2. The number of rotatable bonds is 36. The lowest BCUT2D eigenvalue weighted by Crippen LogP contribution is -2.52. The molecule has 1 unspecified atom stereocenters. The molecule has 1 atom stereocenters. The van der Waals surface area contributed by atoms with E-state index in [4.69, 9.17) is 18.9 Å². The van der Waals surface area contributed by atoms with Gasteiger partial charge in [-0.2, -0.15) is 0 Å². The smallest absolute Gasteiger partial charge is 0.119 e. The van der Waals surface area contributed by atoms with Crippen LogP contribution < -0.4 is 37.8 Å². The molecule has 8 heteroatoms. The summed E-state index contributed by atoms with van der Waals surface area (Å²) in [5, 5.41) is 3.68. The second kappa shape index (κ2) is 29.6. The minimum atomic E-state index is -0.688. The zero-order valence-corrected chi connectivity index (χ0v) is 54.2. The summed E-state index contributed by atoms with van der Waals surface area (Å²) in [6.45, 7) is 12.1. The summed E-state index contributed by atoms with van der Waals surface area (Å²) in [7, 11) is 0. The molecule has 4 aliphatic rings. The van der Waals surface area contributed by atoms with Gasteiger partial charge in [0.25, 0.3) is 0 Å². The molecule has 0 saturated heterocycles. The third-order valence-corrected chi connectivity index (χ3v) is 23.0. The summed E-state index contributed by atoms with van der Waals surface area (Å²) in [5.41, 5.74) is 9.42. The van der Waals surface area contributed by atoms with E-state index in [1.807, 2.05) is 45.8 Å². The zero-order chi connectivity index (χ0) is 57.6. The lowest BCUT2D eigenvalue weighted by atomic mass is 9.46. The van der Waals surface area contributed by atoms with Gasteiger partial charge in [-0.3, -0.25) is 0 Å². The van der Waals surface area contributed by atoms with Crippen molar-refractivity contribution in [1.29, 1.82) is 0 Å². The molecule has 4 heterocycles. The molecule has 84 heavy (non-hydrogen) atoms. The Bertz CT molecular complexity index is 3400. The number of benzene rings is 4. The van der Waals surface area contributed by atoms with Crippen molar-refractivity contribution < 1.29 is 18.9 Å². The summed E-state index contributed by atoms with van der Waals surface area (Å²) < 4.78 is 33.5. The van der Waals surface area contributed by atoms with E-state index in [1.165, 1.54) is 206 Å². The van der Waals surface area contributed by atoms with Crippen LogP contribution in [0.5, 0.6) is 23.0 Å². The Kier molecular flexibility index (Phi) is 21.4. The number of hydrogen-bond donors (Lipinski definition) is 0. The van der Waals surface area contributed by atoms with Crippen LogP contribution in [0, 0.1) is 5.92 Å². The second-order valence-electron chi connectivity index (χ2n) is 24.1. The van der Waals surface area contributed by atoms with Crippen molar-refractivity contribution >= 4 is 84.5 Å². The van der Waals surface area contributed by atoms with E-state index >= 15 is 0 Å². The first-order valence-corrected chi connectivity index (χ1v) is 36.4. The van der Waals surface area contributed by atoms with Crippen molar-refractivity contribution in [1.82, 2.24) is 0 Å². The average Bonchev–Trinajstić information content (AvgIpc) is 1.43. The van der Waals surface area contributed by atoms with Crippen molar-refractivity contribution in [3.05, 3.63) is 161 Å². The quantitative estimate of drug-likeness (QED) is 0.0366. The monoisotopic (exact) mass is 1200 g/mol. The van der Waals surface area contributed by atoms with Crippen LogP contribution in [-0.4, -0.2) is 32.2 Å². The summed E-state index contributed by atoms with van der Waals surface area (Å²) in [5.74, 6) is 4.69. The molecule has 0 radical (unpaired) electrons. The zero-order valence-electron chi connectivity index (χ0n) is 51.0. The van der Waals surface area contributed by atoms with Gasteiger partial charge >= 0.3 is 0 Å². The standard InChI is InChI=1S/C76H92O4S4/c1-5-9-13-17-21-25-47-77-59-37-29-55(30-38-59)75(56-31-39-60(40-32-56)78-48-26-22-18-14-10-6-2)65-53-63-71-68(46-52-81-71)84-74(63)70(65)76(66-54-64-72-67(45-51-82-72)83-73(64)69(66)75,57-33-41-61(42-34-57)79-49-27-23-19-15-11-7-3)58-35-43-62(44-36-58)80-50-28-24-20-16-12-8-4/h29-46,51,53-54,66H,5-28,47-50,52H2,1-4H3. The summed E-state index contributed by atoms with van der Waals surface area (Å²) in [4.78, 5) is 1.43. The number of fused-ring (bicyclic) bond motifs is 8. The topological polar surface area (TPSA) is 36.9 Å². The van der Waals surface area contributed by atoms with Gasteiger partial charge in [0.05, 0.1) is 42.0 Å². The molecule has 1 saturated carbocycles. The number of thioether (sulfide) groups is 1. The Morgan fingerprint density at radius 3 is 1.31 bits per heavy atom. The molecule has 1 fully saturated rings. The van der Waals surface area contributed by atoms with Gasteiger partial charge in [0.1, 0.15) is 23.0 Å². The predicted octanol–water partition coefficient (Wildman–Crippen LogP) is 19.7. The first kappa shape index (κ1) is 60.7. The lowest BCUT2D eigenvalue weighted by Gasteiger charge is -2.55. The Morgan fingerprint density at radius 2 is 0.869 bits per heavy atom. The van der Waals surface area contributed by atoms with Crippen LogP contribution in [0.3, 0.4) is 0 Å². The molecular weight excluding hydrogens is 1110 g/mol. The molecule has 0 amide bonds. The van der Waals surface area contributed by atoms with E-state index in [9.17, 15) is 0 Å². The van der Waals surface area contributed by atoms with Crippen LogP contribution in [-0.2, 0) is 10.8 Å². The lowest BCUT2D eigenvalue weighted by molar-refractivity contribution is 0.303. The van der Waals surface area contributed by atoms with Gasteiger partial charge < -0.3 is 18.9 Å². The molecule has 3 aliphatic carbocycles. The molecule has 3 aromatic heterocycles. The van der Waals surface area contributed by atoms with Gasteiger partial charge in [-0.1, -0.05) is 217 Å². The molecule has 0 spiro atoms. The van der Waals surface area contributed by atoms with Gasteiger partial charge in [-0.15, -0.1) is 45.8 Å². The highest BCUT2D eigenvalue weighted by atomic mass is 32.2. The third-order valence-electron chi connectivity index (χ3n) is 18.4. The second-order valence-corrected chi connectivity index (χ2v) is 28.2. The van der Waals surface area contributed by atoms with Crippen LogP contribution in [0.1, 0.15) is 210 Å². The average molecular weight is 1200 g/mol. The molecule has 4 nitrogen and oxygen atoms in total. The van der Waals surface area contributed by atoms with Crippen LogP contribution in [0.15, 0.2) is 119 Å². The van der Waals surface area contributed by atoms with E-state index in [0.717, 1.165) is 80.9 Å². The molecule has 0 bridgehead atoms. The van der Waals surface area contributed by atoms with E-state index in [0.29, 0.717) is 0 Å². The normalized spacial score (nSPS) is 16.0. The molecule has 0 N–H and O–H groups in total. The predicted molar refractivity (Wildman–Crippen MR) is 363 cm³/mol. The number of unbranched alkanes of at least 4 members (excludes halogenated alkanes) is 20. The van der Waals surface area contributed by atoms with Gasteiger partial charge in [-0.05, 0) is 131 Å². The van der Waals surface area contributed by atoms with Crippen molar-refractivity contribution in [2.75, 3.05) is 32.2 Å². The Hall–Kier alpha value is -4.99. The molecular formula is C76H92O4S4. The van der Waals surface area contributed by atoms with E-state index in [-0.39, 0.29) is 5.92 Å². The van der Waals surface area contributed by atoms with Crippen LogP contribution in [0.2, 0.25) is 0 Å². The molecule has 4 aromatic carbocycles. The maximum absolute atomic E-state index is 6.63. The summed E-state index contributed by atoms with van der Waals surface area (Å²) in [6, 6.07) is 40.0. The van der Waals surface area contributed by atoms with Crippen molar-refractivity contribution in [3.8, 4) is 23.0 Å². The molecule has 1 aliphatic heterocycles. The van der Waals surface area contributed by atoms with Crippen LogP contribution in [0.25, 0.3) is 38.8 Å². The fraction of sp³-hybridized carbons (Fsp3) is 0.474. The maximum atomic E-state index is 6.63. The first-order chi connectivity index (χ1) is 41.5. The van der Waals surface area contributed by atoms with Crippen molar-refractivity contribution in [2.45, 2.75) is 198 Å². The van der Waals surface area contributed by atoms with Crippen molar-refractivity contribution in [2.24, 2.45) is 5.92 Å². The van der Waals surface area contributed by atoms with Gasteiger partial charge in [0.15, 0.2) is 0 Å². The fourth-order valence-electron chi connectivity index (χ4n) is 14.0. The number of allylic oxidation sites excluding steroid dienone is 1. The van der Waals surface area contributed by atoms with E-state index < -0.39 is 10.8 Å². The highest BCUT2D eigenvalue weighted by Crippen LogP contribution is 2.68. The Morgan fingerprint density at radius 1 is 0.452 bits per heavy atom. The summed E-state index contributed by atoms with van der Waals surface area (Å²) >= 11 is 7.92. The number of ether oxygens (including phenoxy) is 4. The Labute approximate surface area is 519 Å². The first-order valence-electron chi connectivity index (χ1n) is 32.9. The largest absolute Gasteiger partial charge is 0.494 e. The molecule has 7 aromatic rings. The van der Waals surface area contributed by atoms with Crippen LogP contribution in [0.4, 0.5) is 0 Å².